The standard InChI is InChI=1S/C5H8N2O2/c1-2-7-5(9)3-4(8)6-7/h3,9H,2H2,1H3,(H,6,8). The molecule has 4 heteroatoms. The molecule has 0 aliphatic heterocycles. The highest BCUT2D eigenvalue weighted by molar-refractivity contribution is 5.04. The van der Waals surface area contributed by atoms with E-state index in [9.17, 15) is 4.79 Å². The van der Waals surface area contributed by atoms with Crippen LogP contribution in [0.4, 0.5) is 0 Å². The van der Waals surface area contributed by atoms with Crippen molar-refractivity contribution in [3.63, 3.8) is 0 Å². The third-order valence-corrected chi connectivity index (χ3v) is 1.10. The van der Waals surface area contributed by atoms with Gasteiger partial charge in [-0.3, -0.25) is 14.6 Å². The van der Waals surface area contributed by atoms with E-state index in [0.717, 1.165) is 6.07 Å². The van der Waals surface area contributed by atoms with E-state index >= 15 is 0 Å². The van der Waals surface area contributed by atoms with E-state index in [1.54, 1.807) is 0 Å². The largest absolute Gasteiger partial charge is 0.493 e. The SMILES string of the molecule is CCn1[nH]c(=O)cc1O. The number of nitrogens with one attached hydrogen (secondary N) is 1. The third kappa shape index (κ3) is 0.960. The van der Waals surface area contributed by atoms with Crippen molar-refractivity contribution in [1.82, 2.24) is 9.78 Å². The number of aromatic hydroxyl groups is 1. The predicted octanol–water partition coefficient (Wildman–Crippen LogP) is -0.0981. The molecule has 1 aromatic heterocycles. The maximum atomic E-state index is 10.4. The molecule has 9 heavy (non-hydrogen) atoms. The van der Waals surface area contributed by atoms with Gasteiger partial charge in [0.05, 0.1) is 6.07 Å². The maximum absolute atomic E-state index is 10.4. The summed E-state index contributed by atoms with van der Waals surface area (Å²) in [6, 6.07) is 1.14. The minimum absolute atomic E-state index is 0.0116. The van der Waals surface area contributed by atoms with Crippen molar-refractivity contribution in [2.75, 3.05) is 0 Å². The fourth-order valence-corrected chi connectivity index (χ4v) is 0.659. The topological polar surface area (TPSA) is 58.0 Å². The van der Waals surface area contributed by atoms with Crippen molar-refractivity contribution in [3.8, 4) is 5.88 Å². The normalized spacial score (nSPS) is 9.89. The smallest absolute Gasteiger partial charge is 0.267 e. The Labute approximate surface area is 51.7 Å². The monoisotopic (exact) mass is 128 g/mol. The number of rotatable bonds is 1. The molecule has 1 heterocycles. The Bertz CT molecular complexity index is 248. The highest BCUT2D eigenvalue weighted by Crippen LogP contribution is 2.00. The predicted molar refractivity (Wildman–Crippen MR) is 32.4 cm³/mol. The summed E-state index contributed by atoms with van der Waals surface area (Å²) in [5.41, 5.74) is -0.269. The van der Waals surface area contributed by atoms with E-state index < -0.39 is 0 Å². The zero-order chi connectivity index (χ0) is 6.85. The highest BCUT2D eigenvalue weighted by atomic mass is 16.3. The van der Waals surface area contributed by atoms with Crippen LogP contribution in [0, 0.1) is 0 Å². The van der Waals surface area contributed by atoms with Gasteiger partial charge in [0.1, 0.15) is 0 Å². The van der Waals surface area contributed by atoms with Gasteiger partial charge in [-0.05, 0) is 6.92 Å². The molecule has 1 rings (SSSR count). The summed E-state index contributed by atoms with van der Waals surface area (Å²) in [6.07, 6.45) is 0. The summed E-state index contributed by atoms with van der Waals surface area (Å²) in [5.74, 6) is -0.0116. The van der Waals surface area contributed by atoms with E-state index in [4.69, 9.17) is 5.11 Å². The first-order valence-corrected chi connectivity index (χ1v) is 2.73. The number of H-pyrrole nitrogens is 1. The third-order valence-electron chi connectivity index (χ3n) is 1.10. The molecule has 0 fully saturated rings. The summed E-state index contributed by atoms with van der Waals surface area (Å²) in [7, 11) is 0. The van der Waals surface area contributed by atoms with Gasteiger partial charge >= 0.3 is 0 Å². The summed E-state index contributed by atoms with van der Waals surface area (Å²) in [6.45, 7) is 2.41. The summed E-state index contributed by atoms with van der Waals surface area (Å²) >= 11 is 0. The molecule has 50 valence electrons. The molecule has 0 atom stereocenters. The number of hydrogen-bond acceptors (Lipinski definition) is 2. The molecule has 0 aliphatic rings. The van der Waals surface area contributed by atoms with Gasteiger partial charge in [0.2, 0.25) is 5.88 Å². The second-order valence-electron chi connectivity index (χ2n) is 1.72. The van der Waals surface area contributed by atoms with Crippen molar-refractivity contribution < 1.29 is 5.11 Å². The summed E-state index contributed by atoms with van der Waals surface area (Å²) < 4.78 is 1.36. The fraction of sp³-hybridized carbons (Fsp3) is 0.400. The highest BCUT2D eigenvalue weighted by Gasteiger charge is 1.96. The molecule has 0 saturated carbocycles. The molecule has 0 aromatic carbocycles. The Morgan fingerprint density at radius 3 is 2.78 bits per heavy atom. The minimum Gasteiger partial charge on any atom is -0.493 e. The van der Waals surface area contributed by atoms with Crippen molar-refractivity contribution >= 4 is 0 Å². The molecule has 1 aromatic rings. The average molecular weight is 128 g/mol. The second-order valence-corrected chi connectivity index (χ2v) is 1.72. The molecular formula is C5H8N2O2. The Morgan fingerprint density at radius 2 is 2.56 bits per heavy atom. The summed E-state index contributed by atoms with van der Waals surface area (Å²) in [5, 5.41) is 11.3. The molecule has 0 bridgehead atoms. The van der Waals surface area contributed by atoms with Crippen LogP contribution in [0.2, 0.25) is 0 Å². The van der Waals surface area contributed by atoms with Crippen molar-refractivity contribution in [2.24, 2.45) is 0 Å². The Balaban J connectivity index is 3.16. The molecule has 0 unspecified atom stereocenters. The molecular weight excluding hydrogens is 120 g/mol. The maximum Gasteiger partial charge on any atom is 0.267 e. The van der Waals surface area contributed by atoms with E-state index in [0.29, 0.717) is 6.54 Å². The lowest BCUT2D eigenvalue weighted by Crippen LogP contribution is -2.03. The first-order valence-electron chi connectivity index (χ1n) is 2.73. The Hall–Kier alpha value is -1.19. The van der Waals surface area contributed by atoms with Crippen LogP contribution in [-0.2, 0) is 6.54 Å². The number of aromatic nitrogens is 2. The van der Waals surface area contributed by atoms with Gasteiger partial charge in [0.15, 0.2) is 0 Å². The van der Waals surface area contributed by atoms with E-state index in [1.165, 1.54) is 4.68 Å². The number of nitrogens with zero attached hydrogens (tertiary/aromatic N) is 1. The van der Waals surface area contributed by atoms with Gasteiger partial charge in [-0.15, -0.1) is 0 Å². The molecule has 0 amide bonds. The van der Waals surface area contributed by atoms with Crippen LogP contribution in [0.25, 0.3) is 0 Å². The molecule has 0 aliphatic carbocycles. The van der Waals surface area contributed by atoms with E-state index in [1.807, 2.05) is 6.92 Å². The van der Waals surface area contributed by atoms with Crippen molar-refractivity contribution in [1.29, 1.82) is 0 Å². The summed E-state index contributed by atoms with van der Waals surface area (Å²) in [4.78, 5) is 10.4. The van der Waals surface area contributed by atoms with Crippen LogP contribution in [-0.4, -0.2) is 14.9 Å². The van der Waals surface area contributed by atoms with Gasteiger partial charge in [0, 0.05) is 6.54 Å². The van der Waals surface area contributed by atoms with Crippen LogP contribution in [0.3, 0.4) is 0 Å². The van der Waals surface area contributed by atoms with Gasteiger partial charge in [-0.1, -0.05) is 0 Å². The molecule has 2 N–H and O–H groups in total. The second kappa shape index (κ2) is 1.97. The van der Waals surface area contributed by atoms with Crippen LogP contribution < -0.4 is 5.56 Å². The Morgan fingerprint density at radius 1 is 1.89 bits per heavy atom. The van der Waals surface area contributed by atoms with E-state index in [2.05, 4.69) is 5.10 Å². The Kier molecular flexibility index (Phi) is 1.30. The number of hydrogen-bond donors (Lipinski definition) is 2. The lowest BCUT2D eigenvalue weighted by atomic mass is 10.6. The van der Waals surface area contributed by atoms with Crippen LogP contribution in [0.15, 0.2) is 10.9 Å². The molecule has 4 nitrogen and oxygen atoms in total. The van der Waals surface area contributed by atoms with Gasteiger partial charge in [-0.25, -0.2) is 0 Å². The van der Waals surface area contributed by atoms with Crippen LogP contribution >= 0.6 is 0 Å². The van der Waals surface area contributed by atoms with Gasteiger partial charge in [-0.2, -0.15) is 0 Å². The van der Waals surface area contributed by atoms with Crippen molar-refractivity contribution in [3.05, 3.63) is 16.4 Å². The molecule has 0 saturated heterocycles. The average Bonchev–Trinajstić information content (AvgIpc) is 2.10. The van der Waals surface area contributed by atoms with Crippen molar-refractivity contribution in [2.45, 2.75) is 13.5 Å². The fourth-order valence-electron chi connectivity index (χ4n) is 0.659. The van der Waals surface area contributed by atoms with Crippen LogP contribution in [0.5, 0.6) is 5.88 Å². The minimum atomic E-state index is -0.269. The first kappa shape index (κ1) is 5.94. The van der Waals surface area contributed by atoms with Gasteiger partial charge < -0.3 is 5.11 Å². The van der Waals surface area contributed by atoms with Crippen LogP contribution in [0.1, 0.15) is 6.92 Å². The molecule has 0 radical (unpaired) electrons. The first-order chi connectivity index (χ1) is 4.24. The zero-order valence-corrected chi connectivity index (χ0v) is 5.09. The number of aryl methyl sites for hydroxylation is 1. The van der Waals surface area contributed by atoms with E-state index in [-0.39, 0.29) is 11.4 Å². The molecule has 0 spiro atoms. The lowest BCUT2D eigenvalue weighted by Gasteiger charge is -1.94. The van der Waals surface area contributed by atoms with Gasteiger partial charge in [0.25, 0.3) is 5.56 Å². The number of aromatic amines is 1. The lowest BCUT2D eigenvalue weighted by molar-refractivity contribution is 0.405. The zero-order valence-electron chi connectivity index (χ0n) is 5.09. The quantitative estimate of drug-likeness (QED) is 0.555.